The van der Waals surface area contributed by atoms with E-state index in [-0.39, 0.29) is 6.71 Å². The van der Waals surface area contributed by atoms with E-state index in [0.717, 1.165) is 22.2 Å². The second-order valence-electron chi connectivity index (χ2n) is 9.81. The average molecular weight is 493 g/mol. The van der Waals surface area contributed by atoms with Crippen LogP contribution in [0, 0.1) is 47.6 Å². The highest BCUT2D eigenvalue weighted by atomic mass is 32.1. The fourth-order valence-electron chi connectivity index (χ4n) is 5.58. The minimum absolute atomic E-state index is 0.147. The molecule has 0 atom stereocenters. The van der Waals surface area contributed by atoms with E-state index in [1.165, 1.54) is 49.1 Å². The molecule has 0 aliphatic carbocycles. The Morgan fingerprint density at radius 2 is 1.28 bits per heavy atom. The second kappa shape index (κ2) is 9.55. The van der Waals surface area contributed by atoms with Crippen molar-refractivity contribution in [3.63, 3.8) is 0 Å². The molecule has 0 spiro atoms. The molecule has 2 aromatic heterocycles. The monoisotopic (exact) mass is 493 g/mol. The first-order valence-electron chi connectivity index (χ1n) is 12.2. The van der Waals surface area contributed by atoms with Gasteiger partial charge in [-0.25, -0.2) is 4.98 Å². The summed E-state index contributed by atoms with van der Waals surface area (Å²) < 4.78 is 19.8. The molecule has 0 amide bonds. The van der Waals surface area contributed by atoms with Crippen LogP contribution in [0.2, 0.25) is 0 Å². The van der Waals surface area contributed by atoms with Gasteiger partial charge in [-0.1, -0.05) is 86.8 Å². The molecule has 180 valence electrons. The minimum Gasteiger partial charge on any atom is -0.411 e. The van der Waals surface area contributed by atoms with Crippen LogP contribution in [-0.4, -0.2) is 11.7 Å². The van der Waals surface area contributed by atoms with Gasteiger partial charge in [-0.15, -0.1) is 11.3 Å². The van der Waals surface area contributed by atoms with Crippen LogP contribution in [0.5, 0.6) is 0 Å². The highest BCUT2D eigenvalue weighted by Crippen LogP contribution is 2.29. The van der Waals surface area contributed by atoms with Crippen molar-refractivity contribution in [2.24, 2.45) is 0 Å². The van der Waals surface area contributed by atoms with Crippen molar-refractivity contribution >= 4 is 33.8 Å². The lowest BCUT2D eigenvalue weighted by atomic mass is 9.37. The molecule has 0 aliphatic heterocycles. The molecule has 0 bridgehead atoms. The zero-order valence-electron chi connectivity index (χ0n) is 21.6. The predicted octanol–water partition coefficient (Wildman–Crippen LogP) is 6.58. The molecule has 0 aliphatic rings. The molecule has 0 saturated carbocycles. The number of oxazole rings is 1. The van der Waals surface area contributed by atoms with E-state index in [9.17, 15) is 4.39 Å². The zero-order valence-corrected chi connectivity index (χ0v) is 22.4. The maximum atomic E-state index is 13.4. The molecule has 2 nitrogen and oxygen atoms in total. The molecule has 5 rings (SSSR count). The first-order valence-corrected chi connectivity index (χ1v) is 13.0. The third kappa shape index (κ3) is 4.56. The van der Waals surface area contributed by atoms with Crippen molar-refractivity contribution in [2.45, 2.75) is 41.5 Å². The molecule has 5 aromatic rings. The Bertz CT molecular complexity index is 1480. The number of rotatable bonds is 5. The number of nitrogens with zero attached hydrogens (tertiary/aromatic N) is 1. The number of hydrogen-bond acceptors (Lipinski definition) is 3. The molecule has 0 fully saturated rings. The number of aryl methyl sites for hydroxylation is 6. The van der Waals surface area contributed by atoms with E-state index in [2.05, 4.69) is 89.0 Å². The summed E-state index contributed by atoms with van der Waals surface area (Å²) in [5, 5.41) is 0. The van der Waals surface area contributed by atoms with Crippen LogP contribution >= 0.6 is 11.3 Å². The summed E-state index contributed by atoms with van der Waals surface area (Å²) in [5.41, 5.74) is 12.4. The van der Waals surface area contributed by atoms with Gasteiger partial charge in [-0.3, -0.25) is 0 Å². The third-order valence-electron chi connectivity index (χ3n) is 6.84. The Morgan fingerprint density at radius 3 is 1.81 bits per heavy atom. The van der Waals surface area contributed by atoms with Crippen LogP contribution < -0.4 is 15.7 Å². The molecular formula is C31H29BFNOS. The average Bonchev–Trinajstić information content (AvgIpc) is 3.46. The van der Waals surface area contributed by atoms with E-state index in [4.69, 9.17) is 4.42 Å². The number of benzene rings is 3. The number of hydrogen-bond donors (Lipinski definition) is 0. The van der Waals surface area contributed by atoms with Gasteiger partial charge in [-0.2, -0.15) is 4.39 Å². The summed E-state index contributed by atoms with van der Waals surface area (Å²) in [4.78, 5) is 5.21. The summed E-state index contributed by atoms with van der Waals surface area (Å²) in [6.07, 6.45) is 1.11. The van der Waals surface area contributed by atoms with Gasteiger partial charge in [0.1, 0.15) is 6.20 Å². The lowest BCUT2D eigenvalue weighted by Gasteiger charge is -2.23. The quantitative estimate of drug-likeness (QED) is 0.259. The predicted molar refractivity (Wildman–Crippen MR) is 151 cm³/mol. The highest BCUT2D eigenvalue weighted by Gasteiger charge is 2.30. The topological polar surface area (TPSA) is 26.0 Å². The maximum absolute atomic E-state index is 13.4. The molecular weight excluding hydrogens is 464 g/mol. The van der Waals surface area contributed by atoms with Gasteiger partial charge >= 0.3 is 0 Å². The van der Waals surface area contributed by atoms with Crippen LogP contribution in [0.3, 0.4) is 0 Å². The number of thiophene rings is 1. The molecule has 0 N–H and O–H groups in total. The summed E-state index contributed by atoms with van der Waals surface area (Å²) in [6.45, 7) is 13.4. The highest BCUT2D eigenvalue weighted by molar-refractivity contribution is 7.29. The fourth-order valence-corrected chi connectivity index (χ4v) is 6.70. The summed E-state index contributed by atoms with van der Waals surface area (Å²) in [6, 6.07) is 20.9. The summed E-state index contributed by atoms with van der Waals surface area (Å²) in [7, 11) is 0. The Balaban J connectivity index is 1.66. The van der Waals surface area contributed by atoms with Gasteiger partial charge < -0.3 is 4.42 Å². The molecule has 0 saturated heterocycles. The molecule has 36 heavy (non-hydrogen) atoms. The van der Waals surface area contributed by atoms with Gasteiger partial charge in [0.25, 0.3) is 12.7 Å². The standard InChI is InChI=1S/C31H29BFNOS/c1-18-12-20(3)29(21(4)13-18)32(30-22(5)14-19(2)15-23(30)6)27-11-10-26(36-27)24-8-7-9-25(16-24)31-34-17-28(33)35-31/h7-17H,1-6H3. The molecule has 0 radical (unpaired) electrons. The Labute approximate surface area is 216 Å². The van der Waals surface area contributed by atoms with Crippen LogP contribution in [0.1, 0.15) is 33.4 Å². The van der Waals surface area contributed by atoms with E-state index in [1.54, 1.807) is 0 Å². The van der Waals surface area contributed by atoms with E-state index in [0.29, 0.717) is 5.89 Å². The van der Waals surface area contributed by atoms with Gasteiger partial charge in [-0.05, 0) is 70.1 Å². The van der Waals surface area contributed by atoms with Gasteiger partial charge in [0, 0.05) is 10.4 Å². The van der Waals surface area contributed by atoms with Gasteiger partial charge in [0.15, 0.2) is 0 Å². The van der Waals surface area contributed by atoms with E-state index < -0.39 is 6.01 Å². The van der Waals surface area contributed by atoms with E-state index in [1.807, 2.05) is 29.5 Å². The third-order valence-corrected chi connectivity index (χ3v) is 8.04. The van der Waals surface area contributed by atoms with Crippen LogP contribution in [0.15, 0.2) is 71.3 Å². The van der Waals surface area contributed by atoms with Crippen LogP contribution in [0.25, 0.3) is 21.9 Å². The first-order chi connectivity index (χ1) is 17.2. The lowest BCUT2D eigenvalue weighted by molar-refractivity contribution is 0.366. The molecule has 3 aromatic carbocycles. The largest absolute Gasteiger partial charge is 0.411 e. The summed E-state index contributed by atoms with van der Waals surface area (Å²) >= 11 is 1.81. The molecule has 2 heterocycles. The van der Waals surface area contributed by atoms with Crippen molar-refractivity contribution < 1.29 is 8.81 Å². The van der Waals surface area contributed by atoms with Crippen molar-refractivity contribution in [2.75, 3.05) is 0 Å². The van der Waals surface area contributed by atoms with Crippen molar-refractivity contribution in [3.05, 3.63) is 106 Å². The first kappa shape index (κ1) is 24.3. The summed E-state index contributed by atoms with van der Waals surface area (Å²) in [5.74, 6) is 0.292. The van der Waals surface area contributed by atoms with Crippen molar-refractivity contribution in [1.29, 1.82) is 0 Å². The normalized spacial score (nSPS) is 11.2. The molecule has 0 unspecified atom stereocenters. The smallest absolute Gasteiger partial charge is 0.298 e. The van der Waals surface area contributed by atoms with E-state index >= 15 is 0 Å². The fraction of sp³-hybridized carbons (Fsp3) is 0.194. The van der Waals surface area contributed by atoms with Crippen LogP contribution in [-0.2, 0) is 0 Å². The zero-order chi connectivity index (χ0) is 25.6. The lowest BCUT2D eigenvalue weighted by Crippen LogP contribution is -2.54. The van der Waals surface area contributed by atoms with Crippen molar-refractivity contribution in [1.82, 2.24) is 4.98 Å². The SMILES string of the molecule is Cc1cc(C)c(B(c2ccc(-c3cccc(-c4ncc(F)o4)c3)s2)c2c(C)cc(C)cc2C)c(C)c1. The Hall–Kier alpha value is -3.44. The minimum atomic E-state index is -0.677. The second-order valence-corrected chi connectivity index (χ2v) is 10.9. The maximum Gasteiger partial charge on any atom is 0.298 e. The Morgan fingerprint density at radius 1 is 0.722 bits per heavy atom. The Kier molecular flexibility index (Phi) is 6.44. The molecule has 5 heteroatoms. The van der Waals surface area contributed by atoms with Gasteiger partial charge in [0.2, 0.25) is 5.89 Å². The van der Waals surface area contributed by atoms with Crippen LogP contribution in [0.4, 0.5) is 4.39 Å². The number of aromatic nitrogens is 1. The van der Waals surface area contributed by atoms with Crippen molar-refractivity contribution in [3.8, 4) is 21.9 Å². The number of halogens is 1. The van der Waals surface area contributed by atoms with Gasteiger partial charge in [0.05, 0.1) is 0 Å².